The van der Waals surface area contributed by atoms with Crippen LogP contribution in [0, 0.1) is 0 Å². The summed E-state index contributed by atoms with van der Waals surface area (Å²) in [6.45, 7) is 7.53. The van der Waals surface area contributed by atoms with Crippen molar-refractivity contribution in [2.24, 2.45) is 5.73 Å². The molecule has 0 bridgehead atoms. The zero-order valence-corrected chi connectivity index (χ0v) is 9.18. The lowest BCUT2D eigenvalue weighted by atomic mass is 10.2. The lowest BCUT2D eigenvalue weighted by molar-refractivity contribution is 0.384. The summed E-state index contributed by atoms with van der Waals surface area (Å²) in [6, 6.07) is 0. The Morgan fingerprint density at radius 2 is 2.00 bits per heavy atom. The predicted octanol–water partition coefficient (Wildman–Crippen LogP) is 1.97. The molecule has 0 aliphatic rings. The zero-order valence-electron chi connectivity index (χ0n) is 8.18. The van der Waals surface area contributed by atoms with E-state index in [9.17, 15) is 0 Å². The molecule has 1 unspecified atom stereocenters. The lowest BCUT2D eigenvalue weighted by Gasteiger charge is -2.29. The molecule has 68 valence electrons. The molecule has 2 N–H and O–H groups in total. The summed E-state index contributed by atoms with van der Waals surface area (Å²) in [5.41, 5.74) is 6.24. The van der Waals surface area contributed by atoms with Crippen molar-refractivity contribution < 1.29 is 4.43 Å². The Morgan fingerprint density at radius 3 is 2.27 bits per heavy atom. The van der Waals surface area contributed by atoms with Gasteiger partial charge in [-0.1, -0.05) is 13.3 Å². The first-order valence-electron chi connectivity index (χ1n) is 4.33. The topological polar surface area (TPSA) is 35.2 Å². The van der Waals surface area contributed by atoms with E-state index >= 15 is 0 Å². The molecular weight excluding hydrogens is 154 g/mol. The summed E-state index contributed by atoms with van der Waals surface area (Å²) in [5, 5.41) is 0. The SMILES string of the molecule is CCC(CCN)[Si](C)(C)OC. The summed E-state index contributed by atoms with van der Waals surface area (Å²) in [4.78, 5) is 0. The zero-order chi connectivity index (χ0) is 8.91. The first kappa shape index (κ1) is 11.1. The second-order valence-electron chi connectivity index (χ2n) is 3.49. The van der Waals surface area contributed by atoms with Crippen LogP contribution < -0.4 is 5.73 Å². The summed E-state index contributed by atoms with van der Waals surface area (Å²) in [5.74, 6) is 0. The van der Waals surface area contributed by atoms with E-state index in [1.54, 1.807) is 0 Å². The van der Waals surface area contributed by atoms with Crippen LogP contribution in [0.3, 0.4) is 0 Å². The van der Waals surface area contributed by atoms with Crippen LogP contribution in [-0.4, -0.2) is 22.0 Å². The number of nitrogens with two attached hydrogens (primary N) is 1. The van der Waals surface area contributed by atoms with Crippen LogP contribution in [0.25, 0.3) is 0 Å². The Bertz CT molecular complexity index is 106. The van der Waals surface area contributed by atoms with E-state index in [0.29, 0.717) is 0 Å². The van der Waals surface area contributed by atoms with Crippen LogP contribution in [0.1, 0.15) is 19.8 Å². The van der Waals surface area contributed by atoms with Gasteiger partial charge in [-0.05, 0) is 31.6 Å². The van der Waals surface area contributed by atoms with Gasteiger partial charge in [0.15, 0.2) is 8.32 Å². The normalized spacial score (nSPS) is 15.0. The molecule has 0 saturated heterocycles. The van der Waals surface area contributed by atoms with Crippen LogP contribution in [0.4, 0.5) is 0 Å². The van der Waals surface area contributed by atoms with Gasteiger partial charge >= 0.3 is 0 Å². The molecule has 0 fully saturated rings. The van der Waals surface area contributed by atoms with Gasteiger partial charge in [0.25, 0.3) is 0 Å². The fraction of sp³-hybridized carbons (Fsp3) is 1.00. The molecule has 0 aromatic heterocycles. The average Bonchev–Trinajstić information content (AvgIpc) is 2.00. The van der Waals surface area contributed by atoms with Gasteiger partial charge in [0.1, 0.15) is 0 Å². The molecule has 0 aromatic rings. The van der Waals surface area contributed by atoms with E-state index in [1.165, 1.54) is 6.42 Å². The van der Waals surface area contributed by atoms with Crippen molar-refractivity contribution in [3.8, 4) is 0 Å². The van der Waals surface area contributed by atoms with E-state index in [-0.39, 0.29) is 0 Å². The molecule has 2 nitrogen and oxygen atoms in total. The van der Waals surface area contributed by atoms with Gasteiger partial charge in [-0.2, -0.15) is 0 Å². The summed E-state index contributed by atoms with van der Waals surface area (Å²) in [7, 11) is 0.417. The fourth-order valence-corrected chi connectivity index (χ4v) is 3.59. The minimum Gasteiger partial charge on any atom is -0.420 e. The van der Waals surface area contributed by atoms with E-state index < -0.39 is 8.32 Å². The van der Waals surface area contributed by atoms with E-state index in [4.69, 9.17) is 10.2 Å². The minimum absolute atomic E-state index is 0.720. The highest BCUT2D eigenvalue weighted by atomic mass is 28.4. The van der Waals surface area contributed by atoms with Crippen molar-refractivity contribution in [1.82, 2.24) is 0 Å². The van der Waals surface area contributed by atoms with E-state index in [0.717, 1.165) is 18.5 Å². The Labute approximate surface area is 71.3 Å². The first-order valence-corrected chi connectivity index (χ1v) is 7.32. The largest absolute Gasteiger partial charge is 0.420 e. The smallest absolute Gasteiger partial charge is 0.189 e. The minimum atomic E-state index is -1.41. The van der Waals surface area contributed by atoms with Crippen LogP contribution in [0.15, 0.2) is 0 Å². The highest BCUT2D eigenvalue weighted by Crippen LogP contribution is 2.28. The molecule has 0 heterocycles. The molecule has 0 aromatic carbocycles. The van der Waals surface area contributed by atoms with Gasteiger partial charge in [0, 0.05) is 7.11 Å². The Hall–Kier alpha value is 0.137. The summed E-state index contributed by atoms with van der Waals surface area (Å²) in [6.07, 6.45) is 2.31. The summed E-state index contributed by atoms with van der Waals surface area (Å²) >= 11 is 0. The predicted molar refractivity (Wildman–Crippen MR) is 52.2 cm³/mol. The molecule has 0 aliphatic carbocycles. The van der Waals surface area contributed by atoms with Crippen LogP contribution in [0.2, 0.25) is 18.6 Å². The van der Waals surface area contributed by atoms with Crippen molar-refractivity contribution in [2.75, 3.05) is 13.7 Å². The Morgan fingerprint density at radius 1 is 1.45 bits per heavy atom. The van der Waals surface area contributed by atoms with Crippen molar-refractivity contribution >= 4 is 8.32 Å². The number of rotatable bonds is 5. The van der Waals surface area contributed by atoms with Gasteiger partial charge < -0.3 is 10.2 Å². The van der Waals surface area contributed by atoms with Crippen LogP contribution >= 0.6 is 0 Å². The van der Waals surface area contributed by atoms with Crippen molar-refractivity contribution in [2.45, 2.75) is 38.4 Å². The molecule has 0 aliphatic heterocycles. The van der Waals surface area contributed by atoms with Gasteiger partial charge in [0.05, 0.1) is 0 Å². The maximum atomic E-state index is 5.53. The molecule has 0 rings (SSSR count). The van der Waals surface area contributed by atoms with Crippen LogP contribution in [-0.2, 0) is 4.43 Å². The Balaban J connectivity index is 3.99. The average molecular weight is 175 g/mol. The van der Waals surface area contributed by atoms with E-state index in [2.05, 4.69) is 20.0 Å². The van der Waals surface area contributed by atoms with Crippen molar-refractivity contribution in [3.63, 3.8) is 0 Å². The van der Waals surface area contributed by atoms with Crippen molar-refractivity contribution in [1.29, 1.82) is 0 Å². The molecule has 0 radical (unpaired) electrons. The first-order chi connectivity index (χ1) is 5.08. The van der Waals surface area contributed by atoms with Crippen LogP contribution in [0.5, 0.6) is 0 Å². The number of hydrogen-bond acceptors (Lipinski definition) is 2. The lowest BCUT2D eigenvalue weighted by Crippen LogP contribution is -2.36. The third-order valence-corrected chi connectivity index (χ3v) is 6.23. The molecule has 1 atom stereocenters. The highest BCUT2D eigenvalue weighted by molar-refractivity contribution is 6.72. The number of hydrogen-bond donors (Lipinski definition) is 1. The molecule has 0 amide bonds. The second-order valence-corrected chi connectivity index (χ2v) is 7.92. The Kier molecular flexibility index (Phi) is 4.96. The quantitative estimate of drug-likeness (QED) is 0.648. The second kappa shape index (κ2) is 4.90. The van der Waals surface area contributed by atoms with Gasteiger partial charge in [-0.3, -0.25) is 0 Å². The van der Waals surface area contributed by atoms with E-state index in [1.807, 2.05) is 7.11 Å². The molecule has 11 heavy (non-hydrogen) atoms. The molecule has 3 heteroatoms. The maximum Gasteiger partial charge on any atom is 0.189 e. The van der Waals surface area contributed by atoms with Gasteiger partial charge in [-0.25, -0.2) is 0 Å². The van der Waals surface area contributed by atoms with Crippen molar-refractivity contribution in [3.05, 3.63) is 0 Å². The molecule has 0 saturated carbocycles. The maximum absolute atomic E-state index is 5.53. The monoisotopic (exact) mass is 175 g/mol. The molecular formula is C8H21NOSi. The van der Waals surface area contributed by atoms with Gasteiger partial charge in [-0.15, -0.1) is 0 Å². The third kappa shape index (κ3) is 3.36. The summed E-state index contributed by atoms with van der Waals surface area (Å²) < 4.78 is 5.53. The molecule has 0 spiro atoms. The third-order valence-electron chi connectivity index (χ3n) is 2.52. The fourth-order valence-electron chi connectivity index (χ4n) is 1.41. The highest BCUT2D eigenvalue weighted by Gasteiger charge is 2.30. The standard InChI is InChI=1S/C8H21NOSi/c1-5-8(6-7-9)11(3,4)10-2/h8H,5-7,9H2,1-4H3. The van der Waals surface area contributed by atoms with Gasteiger partial charge in [0.2, 0.25) is 0 Å².